The molecule has 0 radical (unpaired) electrons. The summed E-state index contributed by atoms with van der Waals surface area (Å²) in [6, 6.07) is 3.42. The van der Waals surface area contributed by atoms with E-state index in [2.05, 4.69) is 10.4 Å². The zero-order valence-electron chi connectivity index (χ0n) is 10.6. The van der Waals surface area contributed by atoms with Gasteiger partial charge < -0.3 is 10.4 Å². The second-order valence-electron chi connectivity index (χ2n) is 4.26. The molecule has 1 amide bonds. The van der Waals surface area contributed by atoms with Gasteiger partial charge in [-0.1, -0.05) is 0 Å². The zero-order valence-corrected chi connectivity index (χ0v) is 10.6. The van der Waals surface area contributed by atoms with E-state index in [1.807, 2.05) is 6.92 Å². The SMILES string of the molecule is Cc1nn(C)cc1CNC(=O)c1ccc(O)cc1F. The normalized spacial score (nSPS) is 10.5. The molecule has 2 N–H and O–H groups in total. The first-order valence-electron chi connectivity index (χ1n) is 5.73. The molecule has 0 saturated heterocycles. The van der Waals surface area contributed by atoms with Crippen molar-refractivity contribution in [2.45, 2.75) is 13.5 Å². The number of phenolic OH excluding ortho intramolecular Hbond substituents is 1. The van der Waals surface area contributed by atoms with Crippen LogP contribution in [0.1, 0.15) is 21.6 Å². The third-order valence-corrected chi connectivity index (χ3v) is 2.75. The third kappa shape index (κ3) is 2.90. The van der Waals surface area contributed by atoms with Gasteiger partial charge in [0.25, 0.3) is 5.91 Å². The van der Waals surface area contributed by atoms with E-state index in [9.17, 15) is 9.18 Å². The van der Waals surface area contributed by atoms with Gasteiger partial charge in [0.1, 0.15) is 11.6 Å². The van der Waals surface area contributed by atoms with Crippen molar-refractivity contribution < 1.29 is 14.3 Å². The number of carbonyl (C=O) groups is 1. The van der Waals surface area contributed by atoms with Crippen LogP contribution in [-0.4, -0.2) is 20.8 Å². The fourth-order valence-corrected chi connectivity index (χ4v) is 1.78. The van der Waals surface area contributed by atoms with E-state index in [0.717, 1.165) is 17.3 Å². The molecular formula is C13H14FN3O2. The molecule has 0 fully saturated rings. The highest BCUT2D eigenvalue weighted by molar-refractivity contribution is 5.94. The number of aryl methyl sites for hydroxylation is 2. The average molecular weight is 263 g/mol. The molecule has 1 aromatic heterocycles. The monoisotopic (exact) mass is 263 g/mol. The van der Waals surface area contributed by atoms with Crippen molar-refractivity contribution in [3.63, 3.8) is 0 Å². The van der Waals surface area contributed by atoms with Crippen molar-refractivity contribution in [1.29, 1.82) is 0 Å². The van der Waals surface area contributed by atoms with Crippen LogP contribution < -0.4 is 5.32 Å². The Bertz CT molecular complexity index is 622. The second kappa shape index (κ2) is 5.09. The third-order valence-electron chi connectivity index (χ3n) is 2.75. The molecule has 2 rings (SSSR count). The predicted octanol–water partition coefficient (Wildman–Crippen LogP) is 1.50. The first kappa shape index (κ1) is 13.1. The molecule has 1 heterocycles. The molecule has 0 aliphatic rings. The number of rotatable bonds is 3. The van der Waals surface area contributed by atoms with Crippen LogP contribution in [0.2, 0.25) is 0 Å². The number of nitrogens with zero attached hydrogens (tertiary/aromatic N) is 2. The number of aromatic nitrogens is 2. The van der Waals surface area contributed by atoms with E-state index in [0.29, 0.717) is 0 Å². The van der Waals surface area contributed by atoms with Crippen LogP contribution in [0.25, 0.3) is 0 Å². The Morgan fingerprint density at radius 1 is 1.53 bits per heavy atom. The molecule has 19 heavy (non-hydrogen) atoms. The molecule has 6 heteroatoms. The summed E-state index contributed by atoms with van der Waals surface area (Å²) in [4.78, 5) is 11.8. The summed E-state index contributed by atoms with van der Waals surface area (Å²) in [5.41, 5.74) is 1.59. The number of halogens is 1. The van der Waals surface area contributed by atoms with E-state index in [-0.39, 0.29) is 17.9 Å². The number of phenols is 1. The minimum Gasteiger partial charge on any atom is -0.508 e. The number of nitrogens with one attached hydrogen (secondary N) is 1. The second-order valence-corrected chi connectivity index (χ2v) is 4.26. The molecule has 0 aliphatic heterocycles. The molecule has 0 spiro atoms. The van der Waals surface area contributed by atoms with Gasteiger partial charge in [0, 0.05) is 31.4 Å². The van der Waals surface area contributed by atoms with Crippen LogP contribution in [0.5, 0.6) is 5.75 Å². The molecule has 0 unspecified atom stereocenters. The summed E-state index contributed by atoms with van der Waals surface area (Å²) in [6.07, 6.45) is 1.79. The lowest BCUT2D eigenvalue weighted by atomic mass is 10.2. The van der Waals surface area contributed by atoms with E-state index in [1.54, 1.807) is 17.9 Å². The lowest BCUT2D eigenvalue weighted by Crippen LogP contribution is -2.23. The molecule has 0 bridgehead atoms. The van der Waals surface area contributed by atoms with Gasteiger partial charge in [-0.25, -0.2) is 4.39 Å². The topological polar surface area (TPSA) is 67.2 Å². The highest BCUT2D eigenvalue weighted by Gasteiger charge is 2.12. The summed E-state index contributed by atoms with van der Waals surface area (Å²) < 4.78 is 15.1. The molecule has 100 valence electrons. The highest BCUT2D eigenvalue weighted by Crippen LogP contribution is 2.15. The fraction of sp³-hybridized carbons (Fsp3) is 0.231. The summed E-state index contributed by atoms with van der Waals surface area (Å²) in [5, 5.41) is 15.8. The maximum absolute atomic E-state index is 13.5. The van der Waals surface area contributed by atoms with E-state index in [1.165, 1.54) is 12.1 Å². The maximum Gasteiger partial charge on any atom is 0.254 e. The number of hydrogen-bond acceptors (Lipinski definition) is 3. The standard InChI is InChI=1S/C13H14FN3O2/c1-8-9(7-17(2)16-8)6-15-13(19)11-4-3-10(18)5-12(11)14/h3-5,7,18H,6H2,1-2H3,(H,15,19). The van der Waals surface area contributed by atoms with Crippen LogP contribution in [0.4, 0.5) is 4.39 Å². The molecule has 0 atom stereocenters. The van der Waals surface area contributed by atoms with Crippen LogP contribution in [0.3, 0.4) is 0 Å². The van der Waals surface area contributed by atoms with Gasteiger partial charge in [0.15, 0.2) is 0 Å². The van der Waals surface area contributed by atoms with Crippen LogP contribution in [-0.2, 0) is 13.6 Å². The number of carbonyl (C=O) groups excluding carboxylic acids is 1. The van der Waals surface area contributed by atoms with Crippen molar-refractivity contribution >= 4 is 5.91 Å². The van der Waals surface area contributed by atoms with E-state index in [4.69, 9.17) is 5.11 Å². The van der Waals surface area contributed by atoms with Crippen molar-refractivity contribution in [2.24, 2.45) is 7.05 Å². The van der Waals surface area contributed by atoms with E-state index < -0.39 is 11.7 Å². The predicted molar refractivity (Wildman–Crippen MR) is 67.2 cm³/mol. The number of benzene rings is 1. The Morgan fingerprint density at radius 3 is 2.84 bits per heavy atom. The van der Waals surface area contributed by atoms with Gasteiger partial charge >= 0.3 is 0 Å². The molecule has 5 nitrogen and oxygen atoms in total. The van der Waals surface area contributed by atoms with E-state index >= 15 is 0 Å². The first-order chi connectivity index (χ1) is 8.97. The van der Waals surface area contributed by atoms with Crippen molar-refractivity contribution in [3.05, 3.63) is 47.0 Å². The van der Waals surface area contributed by atoms with Crippen molar-refractivity contribution in [1.82, 2.24) is 15.1 Å². The Morgan fingerprint density at radius 2 is 2.26 bits per heavy atom. The van der Waals surface area contributed by atoms with Crippen molar-refractivity contribution in [2.75, 3.05) is 0 Å². The Kier molecular flexibility index (Phi) is 3.50. The van der Waals surface area contributed by atoms with Crippen LogP contribution >= 0.6 is 0 Å². The quantitative estimate of drug-likeness (QED) is 0.882. The summed E-state index contributed by atoms with van der Waals surface area (Å²) in [6.45, 7) is 2.11. The fourth-order valence-electron chi connectivity index (χ4n) is 1.78. The van der Waals surface area contributed by atoms with Gasteiger partial charge in [-0.3, -0.25) is 9.48 Å². The minimum atomic E-state index is -0.750. The number of aromatic hydroxyl groups is 1. The Labute approximate surface area is 109 Å². The van der Waals surface area contributed by atoms with Gasteiger partial charge in [-0.15, -0.1) is 0 Å². The highest BCUT2D eigenvalue weighted by atomic mass is 19.1. The lowest BCUT2D eigenvalue weighted by molar-refractivity contribution is 0.0947. The Hall–Kier alpha value is -2.37. The number of hydrogen-bond donors (Lipinski definition) is 2. The average Bonchev–Trinajstić information content (AvgIpc) is 2.65. The smallest absolute Gasteiger partial charge is 0.254 e. The van der Waals surface area contributed by atoms with Crippen LogP contribution in [0.15, 0.2) is 24.4 Å². The van der Waals surface area contributed by atoms with Crippen LogP contribution in [0, 0.1) is 12.7 Å². The number of amides is 1. The van der Waals surface area contributed by atoms with Gasteiger partial charge in [0.05, 0.1) is 11.3 Å². The van der Waals surface area contributed by atoms with Gasteiger partial charge in [0.2, 0.25) is 0 Å². The van der Waals surface area contributed by atoms with Gasteiger partial charge in [-0.2, -0.15) is 5.10 Å². The van der Waals surface area contributed by atoms with Gasteiger partial charge in [-0.05, 0) is 19.1 Å². The summed E-state index contributed by atoms with van der Waals surface area (Å²) in [5.74, 6) is -1.49. The maximum atomic E-state index is 13.5. The Balaban J connectivity index is 2.07. The lowest BCUT2D eigenvalue weighted by Gasteiger charge is -2.05. The molecule has 2 aromatic rings. The summed E-state index contributed by atoms with van der Waals surface area (Å²) >= 11 is 0. The molecule has 1 aromatic carbocycles. The molecular weight excluding hydrogens is 249 g/mol. The molecule has 0 aliphatic carbocycles. The minimum absolute atomic E-state index is 0.0978. The van der Waals surface area contributed by atoms with Crippen molar-refractivity contribution in [3.8, 4) is 5.75 Å². The first-order valence-corrected chi connectivity index (χ1v) is 5.73. The summed E-state index contributed by atoms with van der Waals surface area (Å²) in [7, 11) is 1.79. The molecule has 0 saturated carbocycles. The largest absolute Gasteiger partial charge is 0.508 e. The zero-order chi connectivity index (χ0) is 14.0.